The molecule has 0 saturated carbocycles. The van der Waals surface area contributed by atoms with Crippen LogP contribution in [0.1, 0.15) is 32.3 Å². The van der Waals surface area contributed by atoms with E-state index in [0.717, 1.165) is 23.9 Å². The molecule has 0 aliphatic heterocycles. The van der Waals surface area contributed by atoms with E-state index in [1.807, 2.05) is 19.9 Å². The largest absolute Gasteiger partial charge is 0.395 e. The highest BCUT2D eigenvalue weighted by Gasteiger charge is 2.12. The van der Waals surface area contributed by atoms with E-state index < -0.39 is 0 Å². The van der Waals surface area contributed by atoms with Gasteiger partial charge in [0.1, 0.15) is 11.6 Å². The number of aromatic nitrogens is 2. The van der Waals surface area contributed by atoms with E-state index in [1.54, 1.807) is 0 Å². The summed E-state index contributed by atoms with van der Waals surface area (Å²) >= 11 is 0. The molecule has 0 aromatic carbocycles. The summed E-state index contributed by atoms with van der Waals surface area (Å²) in [6.07, 6.45) is 0. The van der Waals surface area contributed by atoms with Crippen molar-refractivity contribution in [1.29, 1.82) is 0 Å². The molecule has 0 unspecified atom stereocenters. The lowest BCUT2D eigenvalue weighted by Crippen LogP contribution is -2.33. The highest BCUT2D eigenvalue weighted by molar-refractivity contribution is 5.35. The first-order valence-electron chi connectivity index (χ1n) is 6.50. The van der Waals surface area contributed by atoms with E-state index in [2.05, 4.69) is 34.0 Å². The van der Waals surface area contributed by atoms with Crippen LogP contribution in [-0.2, 0) is 6.54 Å². The minimum absolute atomic E-state index is 0.157. The topological polar surface area (TPSA) is 61.3 Å². The summed E-state index contributed by atoms with van der Waals surface area (Å²) in [6.45, 7) is 10.5. The molecule has 1 aromatic heterocycles. The van der Waals surface area contributed by atoms with Crippen LogP contribution in [-0.4, -0.2) is 45.7 Å². The average molecular weight is 252 g/mol. The van der Waals surface area contributed by atoms with Crippen molar-refractivity contribution in [2.24, 2.45) is 0 Å². The lowest BCUT2D eigenvalue weighted by Gasteiger charge is -2.24. The number of aliphatic hydroxyl groups is 1. The van der Waals surface area contributed by atoms with Crippen LogP contribution in [0.5, 0.6) is 0 Å². The van der Waals surface area contributed by atoms with Gasteiger partial charge in [0.2, 0.25) is 0 Å². The molecule has 0 bridgehead atoms. The van der Waals surface area contributed by atoms with Gasteiger partial charge in [-0.2, -0.15) is 0 Å². The van der Waals surface area contributed by atoms with Gasteiger partial charge in [0.05, 0.1) is 13.2 Å². The van der Waals surface area contributed by atoms with Crippen molar-refractivity contribution in [3.05, 3.63) is 17.6 Å². The van der Waals surface area contributed by atoms with Crippen LogP contribution in [0.4, 0.5) is 5.82 Å². The minimum Gasteiger partial charge on any atom is -0.395 e. The maximum Gasteiger partial charge on any atom is 0.144 e. The van der Waals surface area contributed by atoms with Gasteiger partial charge in [-0.25, -0.2) is 9.97 Å². The molecule has 0 saturated heterocycles. The van der Waals surface area contributed by atoms with Crippen LogP contribution in [0.3, 0.4) is 0 Å². The Balaban J connectivity index is 2.81. The van der Waals surface area contributed by atoms with Crippen molar-refractivity contribution in [3.8, 4) is 0 Å². The molecule has 1 rings (SSSR count). The second kappa shape index (κ2) is 7.28. The molecule has 0 fully saturated rings. The van der Waals surface area contributed by atoms with Crippen LogP contribution in [0, 0.1) is 6.92 Å². The van der Waals surface area contributed by atoms with Gasteiger partial charge >= 0.3 is 0 Å². The number of aryl methyl sites for hydroxylation is 1. The van der Waals surface area contributed by atoms with Crippen LogP contribution < -0.4 is 5.32 Å². The van der Waals surface area contributed by atoms with Crippen LogP contribution in [0.25, 0.3) is 0 Å². The molecule has 0 amide bonds. The summed E-state index contributed by atoms with van der Waals surface area (Å²) in [7, 11) is 0. The Morgan fingerprint density at radius 2 is 2.11 bits per heavy atom. The monoisotopic (exact) mass is 252 g/mol. The molecular formula is C13H24N4O. The molecule has 0 atom stereocenters. The number of nitrogens with zero attached hydrogens (tertiary/aromatic N) is 3. The maximum absolute atomic E-state index is 9.06. The van der Waals surface area contributed by atoms with Gasteiger partial charge in [0.25, 0.3) is 0 Å². The Labute approximate surface area is 109 Å². The zero-order chi connectivity index (χ0) is 13.5. The standard InChI is InChI=1S/C13H24N4O/c1-5-14-12-8-11(4)15-13(16-12)9-17(6-7-18)10(2)3/h8,10,18H,5-7,9H2,1-4H3,(H,14,15,16). The van der Waals surface area contributed by atoms with E-state index >= 15 is 0 Å². The Hall–Kier alpha value is -1.20. The summed E-state index contributed by atoms with van der Waals surface area (Å²) in [5.74, 6) is 1.67. The molecule has 1 aromatic rings. The molecule has 0 spiro atoms. The molecule has 2 N–H and O–H groups in total. The normalized spacial score (nSPS) is 11.3. The van der Waals surface area contributed by atoms with Gasteiger partial charge in [-0.05, 0) is 27.7 Å². The third kappa shape index (κ3) is 4.58. The number of aliphatic hydroxyl groups excluding tert-OH is 1. The smallest absolute Gasteiger partial charge is 0.144 e. The molecule has 0 radical (unpaired) electrons. The maximum atomic E-state index is 9.06. The van der Waals surface area contributed by atoms with Gasteiger partial charge in [-0.15, -0.1) is 0 Å². The van der Waals surface area contributed by atoms with Gasteiger partial charge < -0.3 is 10.4 Å². The quantitative estimate of drug-likeness (QED) is 0.768. The van der Waals surface area contributed by atoms with E-state index in [1.165, 1.54) is 0 Å². The number of anilines is 1. The Morgan fingerprint density at radius 1 is 1.39 bits per heavy atom. The Morgan fingerprint density at radius 3 is 2.67 bits per heavy atom. The van der Waals surface area contributed by atoms with E-state index in [9.17, 15) is 0 Å². The zero-order valence-corrected chi connectivity index (χ0v) is 11.8. The lowest BCUT2D eigenvalue weighted by molar-refractivity contribution is 0.156. The third-order valence-electron chi connectivity index (χ3n) is 2.72. The number of hydrogen-bond acceptors (Lipinski definition) is 5. The van der Waals surface area contributed by atoms with E-state index in [-0.39, 0.29) is 6.61 Å². The Bertz CT molecular complexity index is 368. The molecule has 5 nitrogen and oxygen atoms in total. The van der Waals surface area contributed by atoms with Crippen molar-refractivity contribution in [1.82, 2.24) is 14.9 Å². The van der Waals surface area contributed by atoms with Gasteiger partial charge in [-0.3, -0.25) is 4.90 Å². The molecule has 0 aliphatic rings. The average Bonchev–Trinajstić information content (AvgIpc) is 2.28. The van der Waals surface area contributed by atoms with E-state index in [0.29, 0.717) is 19.1 Å². The first-order valence-corrected chi connectivity index (χ1v) is 6.50. The SMILES string of the molecule is CCNc1cc(C)nc(CN(CCO)C(C)C)n1. The Kier molecular flexibility index (Phi) is 6.01. The second-order valence-electron chi connectivity index (χ2n) is 4.63. The summed E-state index contributed by atoms with van der Waals surface area (Å²) in [5.41, 5.74) is 0.962. The van der Waals surface area contributed by atoms with Crippen LogP contribution >= 0.6 is 0 Å². The first kappa shape index (κ1) is 14.9. The predicted octanol–water partition coefficient (Wildman–Crippen LogP) is 1.42. The van der Waals surface area contributed by atoms with Crippen molar-refractivity contribution in [3.63, 3.8) is 0 Å². The minimum atomic E-state index is 0.157. The summed E-state index contributed by atoms with van der Waals surface area (Å²) in [4.78, 5) is 11.1. The number of rotatable bonds is 7. The number of nitrogens with one attached hydrogen (secondary N) is 1. The molecule has 5 heteroatoms. The van der Waals surface area contributed by atoms with Crippen LogP contribution in [0.15, 0.2) is 6.07 Å². The molecule has 18 heavy (non-hydrogen) atoms. The van der Waals surface area contributed by atoms with Gasteiger partial charge in [0, 0.05) is 30.9 Å². The molecule has 102 valence electrons. The third-order valence-corrected chi connectivity index (χ3v) is 2.72. The van der Waals surface area contributed by atoms with Crippen molar-refractivity contribution >= 4 is 5.82 Å². The molecule has 1 heterocycles. The van der Waals surface area contributed by atoms with E-state index in [4.69, 9.17) is 5.11 Å². The first-order chi connectivity index (χ1) is 8.56. The van der Waals surface area contributed by atoms with Gasteiger partial charge in [0.15, 0.2) is 0 Å². The van der Waals surface area contributed by atoms with Crippen molar-refractivity contribution in [2.75, 3.05) is 25.0 Å². The summed E-state index contributed by atoms with van der Waals surface area (Å²) < 4.78 is 0. The zero-order valence-electron chi connectivity index (χ0n) is 11.8. The lowest BCUT2D eigenvalue weighted by atomic mass is 10.3. The van der Waals surface area contributed by atoms with Crippen molar-refractivity contribution < 1.29 is 5.11 Å². The molecule has 0 aliphatic carbocycles. The van der Waals surface area contributed by atoms with Crippen LogP contribution in [0.2, 0.25) is 0 Å². The fourth-order valence-corrected chi connectivity index (χ4v) is 1.80. The number of hydrogen-bond donors (Lipinski definition) is 2. The van der Waals surface area contributed by atoms with Gasteiger partial charge in [-0.1, -0.05) is 0 Å². The summed E-state index contributed by atoms with van der Waals surface area (Å²) in [6, 6.07) is 2.31. The fraction of sp³-hybridized carbons (Fsp3) is 0.692. The van der Waals surface area contributed by atoms with Crippen molar-refractivity contribution in [2.45, 2.75) is 40.3 Å². The molecular weight excluding hydrogens is 228 g/mol. The highest BCUT2D eigenvalue weighted by Crippen LogP contribution is 2.09. The predicted molar refractivity (Wildman–Crippen MR) is 73.6 cm³/mol. The summed E-state index contributed by atoms with van der Waals surface area (Å²) in [5, 5.41) is 12.3. The second-order valence-corrected chi connectivity index (χ2v) is 4.63. The fourth-order valence-electron chi connectivity index (χ4n) is 1.80. The highest BCUT2D eigenvalue weighted by atomic mass is 16.3.